The Bertz CT molecular complexity index is 323. The first-order valence-corrected chi connectivity index (χ1v) is 7.20. The molecule has 0 spiro atoms. The molecule has 3 nitrogen and oxygen atoms in total. The van der Waals surface area contributed by atoms with E-state index in [0.717, 1.165) is 19.1 Å². The lowest BCUT2D eigenvalue weighted by Crippen LogP contribution is -2.55. The van der Waals surface area contributed by atoms with Crippen LogP contribution < -0.4 is 5.32 Å². The summed E-state index contributed by atoms with van der Waals surface area (Å²) in [6.07, 6.45) is 7.70. The van der Waals surface area contributed by atoms with Crippen LogP contribution in [-0.4, -0.2) is 35.6 Å². The second kappa shape index (κ2) is 4.26. The Morgan fingerprint density at radius 3 is 2.35 bits per heavy atom. The van der Waals surface area contributed by atoms with Crippen LogP contribution in [-0.2, 0) is 0 Å². The van der Waals surface area contributed by atoms with Gasteiger partial charge in [-0.05, 0) is 51.0 Å². The molecule has 3 saturated carbocycles. The van der Waals surface area contributed by atoms with Gasteiger partial charge >= 0.3 is 0 Å². The van der Waals surface area contributed by atoms with Crippen molar-refractivity contribution in [1.29, 1.82) is 5.26 Å². The van der Waals surface area contributed by atoms with Crippen molar-refractivity contribution in [2.24, 2.45) is 5.92 Å². The quantitative estimate of drug-likeness (QED) is 0.730. The Hall–Kier alpha value is -0.590. The highest BCUT2D eigenvalue weighted by molar-refractivity contribution is 5.19. The van der Waals surface area contributed by atoms with Crippen LogP contribution >= 0.6 is 0 Å². The van der Waals surface area contributed by atoms with E-state index in [1.54, 1.807) is 0 Å². The van der Waals surface area contributed by atoms with Gasteiger partial charge in [0.05, 0.1) is 6.07 Å². The maximum atomic E-state index is 9.67. The molecule has 0 aromatic rings. The van der Waals surface area contributed by atoms with Crippen LogP contribution in [0.25, 0.3) is 0 Å². The van der Waals surface area contributed by atoms with E-state index in [4.69, 9.17) is 0 Å². The van der Waals surface area contributed by atoms with Crippen LogP contribution in [0.1, 0.15) is 45.4 Å². The zero-order valence-corrected chi connectivity index (χ0v) is 10.8. The van der Waals surface area contributed by atoms with Crippen LogP contribution in [0.4, 0.5) is 0 Å². The molecule has 3 rings (SSSR count). The van der Waals surface area contributed by atoms with Crippen molar-refractivity contribution in [2.45, 2.75) is 63.1 Å². The Labute approximate surface area is 104 Å². The normalized spacial score (nSPS) is 27.8. The zero-order valence-electron chi connectivity index (χ0n) is 10.8. The van der Waals surface area contributed by atoms with Crippen LogP contribution in [0, 0.1) is 17.2 Å². The van der Waals surface area contributed by atoms with E-state index in [0.29, 0.717) is 12.0 Å². The lowest BCUT2D eigenvalue weighted by Gasteiger charge is -2.34. The van der Waals surface area contributed by atoms with E-state index in [-0.39, 0.29) is 5.54 Å². The first-order chi connectivity index (χ1) is 8.27. The second-order valence-electron chi connectivity index (χ2n) is 6.07. The Morgan fingerprint density at radius 2 is 1.94 bits per heavy atom. The Morgan fingerprint density at radius 1 is 1.24 bits per heavy atom. The molecule has 0 saturated heterocycles. The van der Waals surface area contributed by atoms with Gasteiger partial charge in [0, 0.05) is 18.6 Å². The first-order valence-electron chi connectivity index (χ1n) is 7.20. The van der Waals surface area contributed by atoms with Crippen molar-refractivity contribution in [3.63, 3.8) is 0 Å². The van der Waals surface area contributed by atoms with E-state index < -0.39 is 0 Å². The highest BCUT2D eigenvalue weighted by atomic mass is 15.2. The molecule has 94 valence electrons. The average Bonchev–Trinajstić information content (AvgIpc) is 3.18. The van der Waals surface area contributed by atoms with Gasteiger partial charge in [-0.1, -0.05) is 6.92 Å². The van der Waals surface area contributed by atoms with Gasteiger partial charge in [0.1, 0.15) is 5.54 Å². The first kappa shape index (κ1) is 11.5. The number of nitrogens with zero attached hydrogens (tertiary/aromatic N) is 2. The summed E-state index contributed by atoms with van der Waals surface area (Å²) in [5, 5.41) is 13.3. The molecule has 0 amide bonds. The minimum absolute atomic E-state index is 0.236. The topological polar surface area (TPSA) is 39.1 Å². The summed E-state index contributed by atoms with van der Waals surface area (Å²) >= 11 is 0. The fourth-order valence-electron chi connectivity index (χ4n) is 2.88. The standard InChI is InChI=1S/C14H23N3/c1-2-17(13-7-8-13)10-14(9-15,11-3-4-11)16-12-5-6-12/h11-13,16H,2-8,10H2,1H3. The SMILES string of the molecule is CCN(CC(C#N)(NC1CC1)C1CC1)C1CC1. The van der Waals surface area contributed by atoms with Gasteiger partial charge in [0.25, 0.3) is 0 Å². The van der Waals surface area contributed by atoms with Crippen LogP contribution in [0.15, 0.2) is 0 Å². The third-order valence-electron chi connectivity index (χ3n) is 4.43. The highest BCUT2D eigenvalue weighted by Crippen LogP contribution is 2.42. The summed E-state index contributed by atoms with van der Waals surface area (Å²) in [5.74, 6) is 0.612. The molecule has 3 aliphatic carbocycles. The van der Waals surface area contributed by atoms with Gasteiger partial charge in [-0.25, -0.2) is 0 Å². The van der Waals surface area contributed by atoms with Crippen molar-refractivity contribution in [3.05, 3.63) is 0 Å². The number of likely N-dealkylation sites (N-methyl/N-ethyl adjacent to an activating group) is 1. The summed E-state index contributed by atoms with van der Waals surface area (Å²) in [6, 6.07) is 4.05. The number of nitrogens with one attached hydrogen (secondary N) is 1. The predicted molar refractivity (Wildman–Crippen MR) is 67.5 cm³/mol. The van der Waals surface area contributed by atoms with Gasteiger partial charge in [-0.3, -0.25) is 10.2 Å². The number of rotatable bonds is 7. The fraction of sp³-hybridized carbons (Fsp3) is 0.929. The van der Waals surface area contributed by atoms with Crippen LogP contribution in [0.3, 0.4) is 0 Å². The minimum atomic E-state index is -0.236. The number of hydrogen-bond donors (Lipinski definition) is 1. The molecule has 17 heavy (non-hydrogen) atoms. The number of hydrogen-bond acceptors (Lipinski definition) is 3. The van der Waals surface area contributed by atoms with E-state index in [1.165, 1.54) is 38.5 Å². The molecule has 0 aromatic heterocycles. The second-order valence-corrected chi connectivity index (χ2v) is 6.07. The molecule has 3 aliphatic rings. The summed E-state index contributed by atoms with van der Waals surface area (Å²) < 4.78 is 0. The van der Waals surface area contributed by atoms with E-state index in [1.807, 2.05) is 0 Å². The summed E-state index contributed by atoms with van der Waals surface area (Å²) in [5.41, 5.74) is -0.236. The lowest BCUT2D eigenvalue weighted by atomic mass is 9.93. The third-order valence-corrected chi connectivity index (χ3v) is 4.43. The van der Waals surface area contributed by atoms with Crippen molar-refractivity contribution in [2.75, 3.05) is 13.1 Å². The zero-order chi connectivity index (χ0) is 11.9. The van der Waals surface area contributed by atoms with Crippen LogP contribution in [0.2, 0.25) is 0 Å². The smallest absolute Gasteiger partial charge is 0.122 e. The summed E-state index contributed by atoms with van der Waals surface area (Å²) in [4.78, 5) is 2.52. The third kappa shape index (κ3) is 2.48. The van der Waals surface area contributed by atoms with E-state index in [9.17, 15) is 5.26 Å². The molecule has 0 heterocycles. The molecule has 1 atom stereocenters. The van der Waals surface area contributed by atoms with E-state index >= 15 is 0 Å². The van der Waals surface area contributed by atoms with Crippen molar-refractivity contribution < 1.29 is 0 Å². The van der Waals surface area contributed by atoms with Gasteiger partial charge in [-0.15, -0.1) is 0 Å². The average molecular weight is 233 g/mol. The van der Waals surface area contributed by atoms with Crippen LogP contribution in [0.5, 0.6) is 0 Å². The van der Waals surface area contributed by atoms with Crippen molar-refractivity contribution in [3.8, 4) is 6.07 Å². The Kier molecular flexibility index (Phi) is 2.88. The molecule has 0 aromatic carbocycles. The lowest BCUT2D eigenvalue weighted by molar-refractivity contribution is 0.194. The fourth-order valence-corrected chi connectivity index (χ4v) is 2.88. The van der Waals surface area contributed by atoms with Gasteiger partial charge in [-0.2, -0.15) is 5.26 Å². The molecule has 3 fully saturated rings. The van der Waals surface area contributed by atoms with Crippen molar-refractivity contribution in [1.82, 2.24) is 10.2 Å². The molecule has 3 heteroatoms. The Balaban J connectivity index is 1.69. The monoisotopic (exact) mass is 233 g/mol. The highest BCUT2D eigenvalue weighted by Gasteiger charge is 2.50. The minimum Gasteiger partial charge on any atom is -0.298 e. The van der Waals surface area contributed by atoms with Crippen molar-refractivity contribution >= 4 is 0 Å². The molecule has 0 radical (unpaired) electrons. The maximum absolute atomic E-state index is 9.67. The molecule has 0 bridgehead atoms. The summed E-state index contributed by atoms with van der Waals surface area (Å²) in [6.45, 7) is 4.27. The molecule has 1 unspecified atom stereocenters. The number of nitriles is 1. The summed E-state index contributed by atoms with van der Waals surface area (Å²) in [7, 11) is 0. The largest absolute Gasteiger partial charge is 0.298 e. The van der Waals surface area contributed by atoms with E-state index in [2.05, 4.69) is 23.2 Å². The molecular weight excluding hydrogens is 210 g/mol. The molecule has 0 aliphatic heterocycles. The predicted octanol–water partition coefficient (Wildman–Crippen LogP) is 1.90. The molecular formula is C14H23N3. The maximum Gasteiger partial charge on any atom is 0.122 e. The van der Waals surface area contributed by atoms with Gasteiger partial charge in [0.2, 0.25) is 0 Å². The van der Waals surface area contributed by atoms with Gasteiger partial charge < -0.3 is 0 Å². The van der Waals surface area contributed by atoms with Gasteiger partial charge in [0.15, 0.2) is 0 Å². The molecule has 1 N–H and O–H groups in total.